The van der Waals surface area contributed by atoms with E-state index in [-0.39, 0.29) is 60.6 Å². The second kappa shape index (κ2) is 8.58. The fourth-order valence-electron chi connectivity index (χ4n) is 0. The summed E-state index contributed by atoms with van der Waals surface area (Å²) in [5.41, 5.74) is 0. The predicted molar refractivity (Wildman–Crippen MR) is 26.5 cm³/mol. The molecule has 0 aromatic heterocycles. The van der Waals surface area contributed by atoms with Gasteiger partial charge in [-0.25, -0.2) is 0 Å². The van der Waals surface area contributed by atoms with Crippen molar-refractivity contribution in [3.8, 4) is 0 Å². The average Bonchev–Trinajstić information content (AvgIpc) is 1.19. The Bertz CT molecular complexity index is 80.2. The van der Waals surface area contributed by atoms with E-state index in [0.29, 0.717) is 0 Å². The maximum Gasteiger partial charge on any atom is 2.00 e. The Kier molecular flexibility index (Phi) is 15.0. The van der Waals surface area contributed by atoms with Crippen LogP contribution >= 0.6 is 0 Å². The normalized spacial score (nSPS) is 8.60. The molecule has 0 heterocycles. The number of rotatable bonds is 0. The Balaban J connectivity index is -0.0000000910. The molecule has 0 aliphatic rings. The van der Waals surface area contributed by atoms with E-state index in [4.69, 9.17) is 29.3 Å². The van der Waals surface area contributed by atoms with Gasteiger partial charge in [-0.2, -0.15) is 0 Å². The molecule has 0 spiro atoms. The van der Waals surface area contributed by atoms with Crippen LogP contribution < -0.4 is 14.4 Å². The van der Waals surface area contributed by atoms with Crippen molar-refractivity contribution < 1.29 is 20.6 Å². The van der Waals surface area contributed by atoms with Crippen molar-refractivity contribution >= 4 is 68.3 Å². The zero-order valence-electron chi connectivity index (χ0n) is 4.85. The Morgan fingerprint density at radius 3 is 1.40 bits per heavy atom. The third-order valence-corrected chi connectivity index (χ3v) is 0. The maximum absolute atomic E-state index is 8.86. The summed E-state index contributed by atoms with van der Waals surface area (Å²) in [6, 6.07) is 0. The van der Waals surface area contributed by atoms with Gasteiger partial charge in [-0.15, -0.1) is 9.05 Å². The zero-order valence-corrected chi connectivity index (χ0v) is 9.47. The van der Waals surface area contributed by atoms with E-state index >= 15 is 0 Å². The van der Waals surface area contributed by atoms with Crippen LogP contribution in [-0.4, -0.2) is 74.5 Å². The number of nitro groups is 1. The molecule has 0 aliphatic carbocycles. The molecule has 0 amide bonds. The van der Waals surface area contributed by atoms with Gasteiger partial charge in [0.05, 0.1) is 0 Å². The summed E-state index contributed by atoms with van der Waals surface area (Å²) in [6.07, 6.45) is 0. The van der Waals surface area contributed by atoms with Gasteiger partial charge in [0, 0.05) is 0 Å². The first kappa shape index (κ1) is 17.5. The van der Waals surface area contributed by atoms with Crippen LogP contribution in [0.15, 0.2) is 0 Å². The van der Waals surface area contributed by atoms with E-state index in [1.54, 1.807) is 0 Å². The number of nitrogens with zero attached hydrogens (tertiary/aromatic N) is 1. The maximum atomic E-state index is 8.86. The zero-order chi connectivity index (χ0) is 8.08. The fraction of sp³-hybridized carbons (Fsp3) is 0. The van der Waals surface area contributed by atoms with Gasteiger partial charge in [-0.05, 0) is 0 Å². The summed E-state index contributed by atoms with van der Waals surface area (Å²) >= 11 is 0.153. The molecule has 1 N–H and O–H groups in total. The van der Waals surface area contributed by atoms with Crippen molar-refractivity contribution in [1.29, 1.82) is 0 Å². The SMILES string of the molecule is O=[N+]([O-])[Ca+].[Mg+2].[O-][Si]([O-])([O-])O. The molecule has 0 unspecified atom stereocenters. The third kappa shape index (κ3) is 310. The molecule has 10 heteroatoms. The minimum atomic E-state index is -5.36. The smallest absolute Gasteiger partial charge is 0.861 e. The van der Waals surface area contributed by atoms with E-state index in [1.165, 1.54) is 0 Å². The fourth-order valence-corrected chi connectivity index (χ4v) is 0. The summed E-state index contributed by atoms with van der Waals surface area (Å²) < 4.78 is -0.375. The van der Waals surface area contributed by atoms with E-state index < -0.39 is 9.05 Å². The van der Waals surface area contributed by atoms with Crippen LogP contribution in [0.2, 0.25) is 0 Å². The first-order valence-corrected chi connectivity index (χ1v) is 4.18. The van der Waals surface area contributed by atoms with Crippen molar-refractivity contribution in [2.75, 3.05) is 0 Å². The monoisotopic (exact) mass is 203 g/mol. The molecule has 50 valence electrons. The molecule has 0 aromatic rings. The quantitative estimate of drug-likeness (QED) is 0.237. The molecular weight excluding hydrogens is 202 g/mol. The van der Waals surface area contributed by atoms with Gasteiger partial charge in [0.15, 0.2) is 0 Å². The summed E-state index contributed by atoms with van der Waals surface area (Å²) in [6.45, 7) is 0. The molecule has 0 aromatic carbocycles. The summed E-state index contributed by atoms with van der Waals surface area (Å²) in [5.74, 6) is 0. The first-order chi connectivity index (χ1) is 3.73. The van der Waals surface area contributed by atoms with Crippen LogP contribution in [0.1, 0.15) is 0 Å². The first-order valence-electron chi connectivity index (χ1n) is 1.52. The number of hydrogen-bond donors (Lipinski definition) is 1. The molecule has 0 radical (unpaired) electrons. The largest absolute Gasteiger partial charge is 2.00 e. The van der Waals surface area contributed by atoms with Gasteiger partial charge >= 0.3 is 70.7 Å². The van der Waals surface area contributed by atoms with Crippen molar-refractivity contribution in [1.82, 2.24) is 0 Å². The predicted octanol–water partition coefficient (Wildman–Crippen LogP) is -5.54. The van der Waals surface area contributed by atoms with Gasteiger partial charge in [-0.3, -0.25) is 0 Å². The second-order valence-corrected chi connectivity index (χ2v) is 2.71. The van der Waals surface area contributed by atoms with Crippen LogP contribution in [0.5, 0.6) is 0 Å². The topological polar surface area (TPSA) is 133 Å². The molecule has 0 bridgehead atoms. The molecule has 10 heavy (non-hydrogen) atoms. The Morgan fingerprint density at radius 2 is 1.40 bits per heavy atom. The average molecular weight is 203 g/mol. The van der Waals surface area contributed by atoms with Crippen molar-refractivity contribution in [3.63, 3.8) is 0 Å². The van der Waals surface area contributed by atoms with E-state index in [0.717, 1.165) is 0 Å². The van der Waals surface area contributed by atoms with Gasteiger partial charge in [0.2, 0.25) is 0 Å². The Labute approximate surface area is 97.7 Å². The van der Waals surface area contributed by atoms with Gasteiger partial charge in [0.1, 0.15) is 0 Å². The van der Waals surface area contributed by atoms with Crippen molar-refractivity contribution in [3.05, 3.63) is 10.1 Å². The van der Waals surface area contributed by atoms with Crippen LogP contribution in [0.4, 0.5) is 0 Å². The molecule has 0 saturated heterocycles. The third-order valence-electron chi connectivity index (χ3n) is 0. The second-order valence-electron chi connectivity index (χ2n) is 0.857. The Morgan fingerprint density at radius 1 is 1.40 bits per heavy atom. The molecule has 7 nitrogen and oxygen atoms in total. The van der Waals surface area contributed by atoms with Gasteiger partial charge < -0.3 is 19.2 Å². The molecule has 0 fully saturated rings. The minimum Gasteiger partial charge on any atom is -0.861 e. The molecular formula is HCaMgNO6Si. The molecule has 0 rings (SSSR count). The van der Waals surface area contributed by atoms with Crippen LogP contribution in [0, 0.1) is 10.1 Å². The van der Waals surface area contributed by atoms with E-state index in [1.807, 2.05) is 0 Å². The Hall–Kier alpha value is 1.48. The molecule has 0 atom stereocenters. The van der Waals surface area contributed by atoms with Gasteiger partial charge in [0.25, 0.3) is 0 Å². The van der Waals surface area contributed by atoms with Crippen LogP contribution in [0.25, 0.3) is 0 Å². The molecule has 0 aliphatic heterocycles. The van der Waals surface area contributed by atoms with Crippen LogP contribution in [-0.2, 0) is 0 Å². The van der Waals surface area contributed by atoms with E-state index in [2.05, 4.69) is 0 Å². The minimum absolute atomic E-state index is 0. The van der Waals surface area contributed by atoms with Crippen molar-refractivity contribution in [2.24, 2.45) is 0 Å². The standard InChI is InChI=1S/Ca.Mg.NO2.HO4Si/c;;2-1-3;1-5(2,3)4/h;;;1H/q+1;+2;;-3. The van der Waals surface area contributed by atoms with E-state index in [9.17, 15) is 0 Å². The summed E-state index contributed by atoms with van der Waals surface area (Å²) in [5, 5.41) is 8.86. The van der Waals surface area contributed by atoms with Crippen LogP contribution in [0.3, 0.4) is 0 Å². The van der Waals surface area contributed by atoms with Crippen molar-refractivity contribution in [2.45, 2.75) is 0 Å². The summed E-state index contributed by atoms with van der Waals surface area (Å²) in [7, 11) is -5.36. The number of hydrogen-bond acceptors (Lipinski definition) is 6. The van der Waals surface area contributed by atoms with Gasteiger partial charge in [-0.1, -0.05) is 0 Å². The summed E-state index contributed by atoms with van der Waals surface area (Å²) in [4.78, 5) is 41.9. The molecule has 0 saturated carbocycles.